The largest absolute Gasteiger partial charge is 0.388 e. The van der Waals surface area contributed by atoms with Crippen LogP contribution in [0.3, 0.4) is 0 Å². The van der Waals surface area contributed by atoms with Crippen molar-refractivity contribution in [3.05, 3.63) is 33.8 Å². The fourth-order valence-electron chi connectivity index (χ4n) is 2.01. The third kappa shape index (κ3) is 2.01. The molecule has 0 bridgehead atoms. The Morgan fingerprint density at radius 2 is 2.00 bits per heavy atom. The Morgan fingerprint density at radius 3 is 2.53 bits per heavy atom. The fourth-order valence-corrected chi connectivity index (χ4v) is 2.43. The fraction of sp³-hybridized carbons (Fsp3) is 0.500. The summed E-state index contributed by atoms with van der Waals surface area (Å²) in [7, 11) is 0. The lowest BCUT2D eigenvalue weighted by Gasteiger charge is -2.14. The van der Waals surface area contributed by atoms with Crippen molar-refractivity contribution in [3.8, 4) is 0 Å². The van der Waals surface area contributed by atoms with E-state index in [9.17, 15) is 5.11 Å². The molecule has 1 aromatic rings. The topological polar surface area (TPSA) is 20.2 Å². The molecule has 1 aromatic carbocycles. The summed E-state index contributed by atoms with van der Waals surface area (Å²) in [4.78, 5) is 0. The summed E-state index contributed by atoms with van der Waals surface area (Å²) >= 11 is 12.0. The van der Waals surface area contributed by atoms with Crippen LogP contribution in [-0.2, 0) is 0 Å². The van der Waals surface area contributed by atoms with Crippen molar-refractivity contribution in [2.75, 3.05) is 0 Å². The number of rotatable bonds is 2. The van der Waals surface area contributed by atoms with Crippen LogP contribution in [0, 0.1) is 11.3 Å². The van der Waals surface area contributed by atoms with Gasteiger partial charge in [-0.15, -0.1) is 0 Å². The second-order valence-corrected chi connectivity index (χ2v) is 5.67. The average molecular weight is 245 g/mol. The standard InChI is InChI=1S/C12H14Cl2O/c1-12(2)6-8(12)11(15)7-4-3-5-9(13)10(7)14/h3-5,8,11,15H,6H2,1-2H3. The SMILES string of the molecule is CC1(C)CC1C(O)c1cccc(Cl)c1Cl. The van der Waals surface area contributed by atoms with E-state index in [-0.39, 0.29) is 5.41 Å². The molecule has 1 aliphatic rings. The van der Waals surface area contributed by atoms with Gasteiger partial charge < -0.3 is 5.11 Å². The molecule has 1 nitrogen and oxygen atoms in total. The van der Waals surface area contributed by atoms with Gasteiger partial charge in [-0.3, -0.25) is 0 Å². The molecule has 1 fully saturated rings. The molecule has 2 atom stereocenters. The van der Waals surface area contributed by atoms with Crippen LogP contribution in [0.1, 0.15) is 31.9 Å². The molecule has 1 aliphatic carbocycles. The van der Waals surface area contributed by atoms with Crippen LogP contribution in [0.25, 0.3) is 0 Å². The van der Waals surface area contributed by atoms with Gasteiger partial charge >= 0.3 is 0 Å². The normalized spacial score (nSPS) is 25.0. The van der Waals surface area contributed by atoms with E-state index < -0.39 is 6.10 Å². The molecule has 0 saturated heterocycles. The minimum absolute atomic E-state index is 0.227. The molecule has 0 amide bonds. The van der Waals surface area contributed by atoms with E-state index in [0.29, 0.717) is 16.0 Å². The third-order valence-corrected chi connectivity index (χ3v) is 4.10. The Morgan fingerprint density at radius 1 is 1.40 bits per heavy atom. The molecule has 0 heterocycles. The molecule has 0 radical (unpaired) electrons. The van der Waals surface area contributed by atoms with Gasteiger partial charge in [0.1, 0.15) is 0 Å². The van der Waals surface area contributed by atoms with Crippen LogP contribution in [-0.4, -0.2) is 5.11 Å². The maximum Gasteiger partial charge on any atom is 0.0838 e. The predicted octanol–water partition coefficient (Wildman–Crippen LogP) is 4.07. The van der Waals surface area contributed by atoms with E-state index in [2.05, 4.69) is 13.8 Å². The molecule has 1 saturated carbocycles. The van der Waals surface area contributed by atoms with Gasteiger partial charge in [-0.05, 0) is 23.8 Å². The lowest BCUT2D eigenvalue weighted by atomic mass is 10.00. The van der Waals surface area contributed by atoms with Crippen molar-refractivity contribution in [3.63, 3.8) is 0 Å². The van der Waals surface area contributed by atoms with E-state index in [1.165, 1.54) is 0 Å². The molecule has 15 heavy (non-hydrogen) atoms. The predicted molar refractivity (Wildman–Crippen MR) is 63.3 cm³/mol. The highest BCUT2D eigenvalue weighted by Crippen LogP contribution is 2.58. The van der Waals surface area contributed by atoms with E-state index in [1.54, 1.807) is 6.07 Å². The molecule has 3 heteroatoms. The van der Waals surface area contributed by atoms with Crippen LogP contribution in [0.5, 0.6) is 0 Å². The molecule has 0 spiro atoms. The van der Waals surface area contributed by atoms with Gasteiger partial charge in [0, 0.05) is 5.56 Å². The van der Waals surface area contributed by atoms with Gasteiger partial charge in [0.15, 0.2) is 0 Å². The summed E-state index contributed by atoms with van der Waals surface area (Å²) in [6, 6.07) is 5.40. The monoisotopic (exact) mass is 244 g/mol. The molecular formula is C12H14Cl2O. The van der Waals surface area contributed by atoms with Gasteiger partial charge in [0.2, 0.25) is 0 Å². The molecule has 1 N–H and O–H groups in total. The van der Waals surface area contributed by atoms with Crippen LogP contribution >= 0.6 is 23.2 Å². The molecule has 0 aromatic heterocycles. The smallest absolute Gasteiger partial charge is 0.0838 e. The quantitative estimate of drug-likeness (QED) is 0.832. The van der Waals surface area contributed by atoms with Gasteiger partial charge in [-0.25, -0.2) is 0 Å². The summed E-state index contributed by atoms with van der Waals surface area (Å²) in [5, 5.41) is 11.1. The van der Waals surface area contributed by atoms with Crippen molar-refractivity contribution >= 4 is 23.2 Å². The third-order valence-electron chi connectivity index (χ3n) is 3.27. The van der Waals surface area contributed by atoms with Crippen LogP contribution in [0.2, 0.25) is 10.0 Å². The second-order valence-electron chi connectivity index (χ2n) is 4.89. The zero-order chi connectivity index (χ0) is 11.2. The maximum absolute atomic E-state index is 10.2. The summed E-state index contributed by atoms with van der Waals surface area (Å²) in [5.41, 5.74) is 0.977. The number of benzene rings is 1. The van der Waals surface area contributed by atoms with E-state index in [1.807, 2.05) is 12.1 Å². The lowest BCUT2D eigenvalue weighted by Crippen LogP contribution is -2.05. The van der Waals surface area contributed by atoms with E-state index in [0.717, 1.165) is 12.0 Å². The molecular weight excluding hydrogens is 231 g/mol. The first-order valence-electron chi connectivity index (χ1n) is 5.05. The highest BCUT2D eigenvalue weighted by molar-refractivity contribution is 6.42. The Hall–Kier alpha value is -0.240. The molecule has 82 valence electrons. The first-order valence-corrected chi connectivity index (χ1v) is 5.81. The molecule has 2 unspecified atom stereocenters. The summed E-state index contributed by atoms with van der Waals surface area (Å²) in [6.07, 6.45) is 0.544. The first kappa shape index (κ1) is 11.3. The van der Waals surface area contributed by atoms with Gasteiger partial charge in [0.05, 0.1) is 16.1 Å². The van der Waals surface area contributed by atoms with Crippen LogP contribution in [0.4, 0.5) is 0 Å². The number of hydrogen-bond acceptors (Lipinski definition) is 1. The Labute approximate surface area is 100 Å². The Bertz CT molecular complexity index is 387. The van der Waals surface area contributed by atoms with Crippen molar-refractivity contribution in [2.24, 2.45) is 11.3 Å². The zero-order valence-corrected chi connectivity index (χ0v) is 10.3. The van der Waals surface area contributed by atoms with Gasteiger partial charge in [0.25, 0.3) is 0 Å². The minimum atomic E-state index is -0.494. The van der Waals surface area contributed by atoms with Crippen molar-refractivity contribution < 1.29 is 5.11 Å². The number of hydrogen-bond donors (Lipinski definition) is 1. The van der Waals surface area contributed by atoms with Crippen molar-refractivity contribution in [1.82, 2.24) is 0 Å². The van der Waals surface area contributed by atoms with Crippen molar-refractivity contribution in [1.29, 1.82) is 0 Å². The van der Waals surface area contributed by atoms with E-state index in [4.69, 9.17) is 23.2 Å². The summed E-state index contributed by atoms with van der Waals surface area (Å²) in [6.45, 7) is 4.30. The zero-order valence-electron chi connectivity index (χ0n) is 8.80. The number of aliphatic hydroxyl groups is 1. The minimum Gasteiger partial charge on any atom is -0.388 e. The molecule has 2 rings (SSSR count). The maximum atomic E-state index is 10.2. The van der Waals surface area contributed by atoms with Crippen LogP contribution < -0.4 is 0 Å². The highest BCUT2D eigenvalue weighted by atomic mass is 35.5. The highest BCUT2D eigenvalue weighted by Gasteiger charge is 2.50. The Balaban J connectivity index is 2.27. The summed E-state index contributed by atoms with van der Waals surface area (Å²) < 4.78 is 0. The van der Waals surface area contributed by atoms with Crippen molar-refractivity contribution in [2.45, 2.75) is 26.4 Å². The van der Waals surface area contributed by atoms with Gasteiger partial charge in [-0.1, -0.05) is 49.2 Å². The molecule has 0 aliphatic heterocycles. The average Bonchev–Trinajstić information content (AvgIpc) is 2.79. The van der Waals surface area contributed by atoms with Gasteiger partial charge in [-0.2, -0.15) is 0 Å². The van der Waals surface area contributed by atoms with E-state index >= 15 is 0 Å². The summed E-state index contributed by atoms with van der Waals surface area (Å²) in [5.74, 6) is 0.300. The Kier molecular flexibility index (Phi) is 2.74. The number of aliphatic hydroxyl groups excluding tert-OH is 1. The first-order chi connectivity index (χ1) is 6.93. The van der Waals surface area contributed by atoms with Crippen LogP contribution in [0.15, 0.2) is 18.2 Å². The lowest BCUT2D eigenvalue weighted by molar-refractivity contribution is 0.138. The number of halogens is 2. The second kappa shape index (κ2) is 3.65.